The molecule has 6 rings (SSSR count). The lowest BCUT2D eigenvalue weighted by Gasteiger charge is -2.50. The van der Waals surface area contributed by atoms with Crippen molar-refractivity contribution in [2.75, 3.05) is 26.2 Å². The van der Waals surface area contributed by atoms with Gasteiger partial charge in [-0.05, 0) is 79.9 Å². The van der Waals surface area contributed by atoms with E-state index in [1.54, 1.807) is 6.20 Å². The van der Waals surface area contributed by atoms with Gasteiger partial charge in [-0.25, -0.2) is 9.37 Å². The number of primary amides is 1. The molecule has 3 heterocycles. The number of aromatic amines is 1. The van der Waals surface area contributed by atoms with E-state index in [9.17, 15) is 14.0 Å². The van der Waals surface area contributed by atoms with E-state index in [0.717, 1.165) is 29.6 Å². The molecule has 3 N–H and O–H groups in total. The number of likely N-dealkylation sites (tertiary alicyclic amines) is 1. The van der Waals surface area contributed by atoms with Crippen molar-refractivity contribution in [2.45, 2.75) is 44.6 Å². The first-order chi connectivity index (χ1) is 20.3. The first kappa shape index (κ1) is 28.5. The molecule has 1 aromatic carbocycles. The lowest BCUT2D eigenvalue weighted by Crippen LogP contribution is -2.53. The zero-order chi connectivity index (χ0) is 29.3. The van der Waals surface area contributed by atoms with Gasteiger partial charge in [-0.15, -0.1) is 0 Å². The molecule has 2 aromatic heterocycles. The Bertz CT molecular complexity index is 1610. The van der Waals surface area contributed by atoms with Gasteiger partial charge in [-0.1, -0.05) is 40.6 Å². The second-order valence-corrected chi connectivity index (χ2v) is 12.4. The van der Waals surface area contributed by atoms with E-state index < -0.39 is 17.1 Å². The van der Waals surface area contributed by atoms with Gasteiger partial charge in [0.2, 0.25) is 17.4 Å². The van der Waals surface area contributed by atoms with Crippen LogP contribution in [0.25, 0.3) is 11.0 Å². The normalized spacial score (nSPS) is 24.8. The standard InChI is InChI=1S/C31H34BrFN6O3/c32-22-6-4-5-21(15-22)31(29(34)41)17-24(18-31)39-26-16-27(42-14-13-38-11-2-1-3-12-38)35-19-25(26)36-30(39)37-28(40)20-7-9-23(33)10-8-20/h4-10,16,19,21,24H,1-3,11-15,17-18H2,(H2,34,41)(H,36,37,40)/t21?,24-,31+. The summed E-state index contributed by atoms with van der Waals surface area (Å²) in [6.45, 7) is 3.54. The Morgan fingerprint density at radius 3 is 2.67 bits per heavy atom. The molecule has 220 valence electrons. The van der Waals surface area contributed by atoms with Crippen molar-refractivity contribution in [2.24, 2.45) is 22.1 Å². The Morgan fingerprint density at radius 1 is 1.19 bits per heavy atom. The summed E-state index contributed by atoms with van der Waals surface area (Å²) in [6, 6.07) is 6.99. The van der Waals surface area contributed by atoms with E-state index in [0.29, 0.717) is 42.9 Å². The molecule has 0 bridgehead atoms. The Labute approximate surface area is 251 Å². The third kappa shape index (κ3) is 5.72. The van der Waals surface area contributed by atoms with E-state index in [1.807, 2.05) is 28.9 Å². The van der Waals surface area contributed by atoms with Gasteiger partial charge in [0.25, 0.3) is 5.91 Å². The summed E-state index contributed by atoms with van der Waals surface area (Å²) < 4.78 is 22.5. The van der Waals surface area contributed by atoms with Crippen LogP contribution >= 0.6 is 15.9 Å². The number of allylic oxidation sites excluding steroid dienone is 4. The van der Waals surface area contributed by atoms with Crippen LogP contribution in [-0.4, -0.2) is 57.5 Å². The average Bonchev–Trinajstić information content (AvgIpc) is 3.30. The fourth-order valence-electron chi connectivity index (χ4n) is 6.43. The molecule has 2 amide bonds. The summed E-state index contributed by atoms with van der Waals surface area (Å²) in [5.74, 6) is -0.825. The number of carbonyl (C=O) groups excluding carboxylic acids is 2. The minimum Gasteiger partial charge on any atom is -0.476 e. The molecule has 2 aliphatic carbocycles. The van der Waals surface area contributed by atoms with Crippen LogP contribution in [0.5, 0.6) is 5.88 Å². The molecule has 42 heavy (non-hydrogen) atoms. The van der Waals surface area contributed by atoms with Crippen LogP contribution in [0.15, 0.2) is 64.2 Å². The van der Waals surface area contributed by atoms with Crippen LogP contribution in [0.4, 0.5) is 4.39 Å². The lowest BCUT2D eigenvalue weighted by molar-refractivity contribution is -0.139. The zero-order valence-corrected chi connectivity index (χ0v) is 24.9. The molecule has 1 aliphatic heterocycles. The van der Waals surface area contributed by atoms with Crippen molar-refractivity contribution >= 4 is 38.8 Å². The number of rotatable bonds is 8. The van der Waals surface area contributed by atoms with Crippen LogP contribution in [-0.2, 0) is 4.79 Å². The Balaban J connectivity index is 1.32. The highest BCUT2D eigenvalue weighted by Crippen LogP contribution is 2.56. The maximum atomic E-state index is 13.5. The number of H-pyrrole nitrogens is 1. The first-order valence-corrected chi connectivity index (χ1v) is 15.2. The zero-order valence-electron chi connectivity index (χ0n) is 23.3. The molecule has 3 aliphatic rings. The van der Waals surface area contributed by atoms with Gasteiger partial charge in [-0.3, -0.25) is 14.5 Å². The molecule has 9 nitrogen and oxygen atoms in total. The van der Waals surface area contributed by atoms with Crippen LogP contribution in [0.2, 0.25) is 0 Å². The van der Waals surface area contributed by atoms with Crippen LogP contribution in [0.3, 0.4) is 0 Å². The number of fused-ring (bicyclic) bond motifs is 1. The summed E-state index contributed by atoms with van der Waals surface area (Å²) in [4.78, 5) is 40.5. The average molecular weight is 638 g/mol. The number of benzene rings is 1. The summed E-state index contributed by atoms with van der Waals surface area (Å²) >= 11 is 3.58. The minimum atomic E-state index is -0.718. The number of hydrogen-bond acceptors (Lipinski definition) is 5. The molecular formula is C31H34BrFN6O3. The third-order valence-electron chi connectivity index (χ3n) is 8.80. The number of aromatic nitrogens is 3. The van der Waals surface area contributed by atoms with E-state index in [4.69, 9.17) is 10.5 Å². The number of imidazole rings is 1. The Morgan fingerprint density at radius 2 is 1.95 bits per heavy atom. The van der Waals surface area contributed by atoms with Gasteiger partial charge < -0.3 is 20.0 Å². The highest BCUT2D eigenvalue weighted by atomic mass is 79.9. The van der Waals surface area contributed by atoms with Crippen molar-refractivity contribution in [1.29, 1.82) is 0 Å². The minimum absolute atomic E-state index is 0.0342. The van der Waals surface area contributed by atoms with Gasteiger partial charge in [0.05, 0.1) is 22.6 Å². The van der Waals surface area contributed by atoms with Crippen LogP contribution in [0.1, 0.15) is 54.9 Å². The Kier molecular flexibility index (Phi) is 8.13. The van der Waals surface area contributed by atoms with Gasteiger partial charge in [0, 0.05) is 24.2 Å². The lowest BCUT2D eigenvalue weighted by atomic mass is 9.56. The molecule has 1 unspecified atom stereocenters. The van der Waals surface area contributed by atoms with Crippen molar-refractivity contribution in [3.63, 3.8) is 0 Å². The second-order valence-electron chi connectivity index (χ2n) is 11.4. The summed E-state index contributed by atoms with van der Waals surface area (Å²) in [5, 5.41) is 0. The number of piperidine rings is 1. The molecule has 1 atom stereocenters. The third-order valence-corrected chi connectivity index (χ3v) is 9.38. The van der Waals surface area contributed by atoms with Crippen LogP contribution in [0, 0.1) is 17.2 Å². The molecule has 1 saturated carbocycles. The smallest absolute Gasteiger partial charge is 0.280 e. The van der Waals surface area contributed by atoms with Gasteiger partial charge >= 0.3 is 0 Å². The maximum absolute atomic E-state index is 13.5. The number of halogens is 2. The van der Waals surface area contributed by atoms with E-state index >= 15 is 0 Å². The van der Waals surface area contributed by atoms with E-state index in [-0.39, 0.29) is 23.4 Å². The highest BCUT2D eigenvalue weighted by Gasteiger charge is 2.54. The van der Waals surface area contributed by atoms with Gasteiger partial charge in [-0.2, -0.15) is 4.99 Å². The molecular weight excluding hydrogens is 603 g/mol. The topological polar surface area (TPSA) is 119 Å². The van der Waals surface area contributed by atoms with Crippen molar-refractivity contribution in [1.82, 2.24) is 19.4 Å². The molecule has 1 saturated heterocycles. The fraction of sp³-hybridized carbons (Fsp3) is 0.419. The number of hydrogen-bond donors (Lipinski definition) is 2. The SMILES string of the molecule is NC(=O)[C@]1(C2C=CC=C(Br)C2)C[C@H](n2/c(=N/C(=O)c3ccc(F)cc3)[nH]c3cnc(OCCN4CCCCC4)cc32)C1. The van der Waals surface area contributed by atoms with E-state index in [1.165, 1.54) is 43.5 Å². The predicted molar refractivity (Wildman–Crippen MR) is 160 cm³/mol. The molecule has 0 radical (unpaired) electrons. The maximum Gasteiger partial charge on any atom is 0.280 e. The summed E-state index contributed by atoms with van der Waals surface area (Å²) in [5.41, 5.74) is 7.35. The van der Waals surface area contributed by atoms with E-state index in [2.05, 4.69) is 35.8 Å². The van der Waals surface area contributed by atoms with Gasteiger partial charge in [0.1, 0.15) is 12.4 Å². The number of amides is 2. The number of ether oxygens (including phenoxy) is 1. The number of nitrogens with one attached hydrogen (secondary N) is 1. The van der Waals surface area contributed by atoms with Crippen LogP contribution < -0.4 is 16.1 Å². The summed E-state index contributed by atoms with van der Waals surface area (Å²) in [6.07, 6.45) is 13.1. The second kappa shape index (κ2) is 12.0. The molecule has 3 aromatic rings. The largest absolute Gasteiger partial charge is 0.476 e. The Hall–Kier alpha value is -3.57. The number of pyridine rings is 1. The summed E-state index contributed by atoms with van der Waals surface area (Å²) in [7, 11) is 0. The quantitative estimate of drug-likeness (QED) is 0.369. The molecule has 11 heteroatoms. The van der Waals surface area contributed by atoms with Crippen molar-refractivity contribution in [3.05, 3.63) is 76.2 Å². The number of nitrogens with two attached hydrogens (primary N) is 1. The highest BCUT2D eigenvalue weighted by molar-refractivity contribution is 9.11. The monoisotopic (exact) mass is 636 g/mol. The molecule has 0 spiro atoms. The fourth-order valence-corrected chi connectivity index (χ4v) is 6.93. The molecule has 2 fully saturated rings. The van der Waals surface area contributed by atoms with Gasteiger partial charge in [0.15, 0.2) is 0 Å². The van der Waals surface area contributed by atoms with Crippen molar-refractivity contribution in [3.8, 4) is 5.88 Å². The number of nitrogens with zero attached hydrogens (tertiary/aromatic N) is 4. The number of carbonyl (C=O) groups is 2. The van der Waals surface area contributed by atoms with Crippen molar-refractivity contribution < 1.29 is 18.7 Å². The first-order valence-electron chi connectivity index (χ1n) is 14.5. The predicted octanol–water partition coefficient (Wildman–Crippen LogP) is 4.77.